The van der Waals surface area contributed by atoms with E-state index in [-0.39, 0.29) is 39.6 Å². The highest BCUT2D eigenvalue weighted by Crippen LogP contribution is 2.49. The summed E-state index contributed by atoms with van der Waals surface area (Å²) >= 11 is 0. The molecular formula is C99H110O15. The number of methoxy groups -OCH3 is 1. The number of aliphatic hydroxyl groups is 2. The fraction of sp³-hybridized carbons (Fsp3) is 0.343. The lowest BCUT2D eigenvalue weighted by molar-refractivity contribution is -0.394. The monoisotopic (exact) mass is 1540 g/mol. The van der Waals surface area contributed by atoms with E-state index in [1.165, 1.54) is 18.2 Å². The molecule has 10 aromatic rings. The predicted octanol–water partition coefficient (Wildman–Crippen LogP) is 17.9. The quantitative estimate of drug-likeness (QED) is 0.0242. The Bertz CT molecular complexity index is 4520. The maximum absolute atomic E-state index is 15.2. The van der Waals surface area contributed by atoms with Crippen LogP contribution in [-0.2, 0) is 134 Å². The third-order valence-corrected chi connectivity index (χ3v) is 21.7. The average Bonchev–Trinajstić information content (AvgIpc) is 0.733. The number of ether oxygens (including phenoxy) is 11. The first-order chi connectivity index (χ1) is 55.8. The molecule has 15 heteroatoms. The molecule has 2 saturated heterocycles. The zero-order valence-electron chi connectivity index (χ0n) is 65.9. The molecule has 15 nitrogen and oxygen atoms in total. The van der Waals surface area contributed by atoms with Gasteiger partial charge in [0.2, 0.25) is 11.6 Å². The molecule has 0 radical (unpaired) electrons. The van der Waals surface area contributed by atoms with Crippen molar-refractivity contribution in [2.24, 2.45) is 5.92 Å². The lowest BCUT2D eigenvalue weighted by Crippen LogP contribution is -2.69. The van der Waals surface area contributed by atoms with Crippen molar-refractivity contribution >= 4 is 5.97 Å². The standard InChI is InChI=1S/C99H110O15/c1-6-56-105-58-28-26-30-73-46-50-75(51-47-73)60-83-62-85(54-44-71(83)3)98(103)95(111-69-81-40-22-12-23-41-81)93(109-67-79-36-18-10-19-37-79)90(107-65-77-32-14-8-15-33-77)88(113-98)64-87(97(101)102)89(100)91-92(108-66-78-34-16-9-17-35-78)94(110-68-80-38-20-11-21-39-80)96(112-70-82-42-24-13-25-43-82)99(104-5,114-91)86-55-45-72(4)84(63-86)61-76-52-48-74(49-53-76)31-27-29-59-106-57-7-2/h6-25,32-55,62-63,87-96,100,103H,1-2,26-31,56-61,64-70H2,3-5H3,(H,101,102)/t87?,88-,89?,90-,91-,92+,93+,94+,95-,96-,98+,99+/m1/s1. The zero-order chi connectivity index (χ0) is 79.3. The second kappa shape index (κ2) is 42.8. The Morgan fingerprint density at radius 2 is 0.789 bits per heavy atom. The first kappa shape index (κ1) is 84.0. The van der Waals surface area contributed by atoms with Gasteiger partial charge in [-0.15, -0.1) is 13.2 Å². The third-order valence-electron chi connectivity index (χ3n) is 21.7. The lowest BCUT2D eigenvalue weighted by Gasteiger charge is -2.54. The Kier molecular flexibility index (Phi) is 31.6. The summed E-state index contributed by atoms with van der Waals surface area (Å²) in [7, 11) is 1.54. The van der Waals surface area contributed by atoms with Crippen LogP contribution in [0.1, 0.15) is 121 Å². The molecule has 0 aromatic heterocycles. The van der Waals surface area contributed by atoms with Crippen molar-refractivity contribution in [1.82, 2.24) is 0 Å². The Labute approximate surface area is 673 Å². The number of carboxylic acids is 1. The van der Waals surface area contributed by atoms with Gasteiger partial charge in [0.25, 0.3) is 0 Å². The number of aryl methyl sites for hydroxylation is 4. The predicted molar refractivity (Wildman–Crippen MR) is 443 cm³/mol. The van der Waals surface area contributed by atoms with Gasteiger partial charge in [0.15, 0.2) is 0 Å². The van der Waals surface area contributed by atoms with Crippen molar-refractivity contribution in [2.45, 2.75) is 178 Å². The second-order valence-electron chi connectivity index (χ2n) is 29.9. The van der Waals surface area contributed by atoms with Crippen molar-refractivity contribution in [3.8, 4) is 0 Å². The van der Waals surface area contributed by atoms with E-state index in [0.29, 0.717) is 50.4 Å². The van der Waals surface area contributed by atoms with Crippen molar-refractivity contribution in [3.05, 3.63) is 381 Å². The molecule has 114 heavy (non-hydrogen) atoms. The van der Waals surface area contributed by atoms with Gasteiger partial charge in [0.05, 0.1) is 71.0 Å². The summed E-state index contributed by atoms with van der Waals surface area (Å²) in [6, 6.07) is 87.3. The SMILES string of the molecule is C=CCOCCCCc1ccc(Cc2cc([C@]3(OC)O[C@H](C(O)C(C[C@H]4O[C@@](O)(c5ccc(C)c(Cc6ccc(CCCCOCC=C)cc6)c5)[C@H](OCc5ccccc5)[C@@H](OCc5ccccc5)[C@@H]4OCc4ccccc4)C(=O)O)[C@H](OCc4ccccc4)[C@H](OCc4ccccc4)[C@H]3OCc3ccccc3)ccc2C)cc1. The average molecular weight is 1540 g/mol. The van der Waals surface area contributed by atoms with E-state index in [1.807, 2.05) is 219 Å². The van der Waals surface area contributed by atoms with Gasteiger partial charge in [-0.25, -0.2) is 0 Å². The number of unbranched alkanes of at least 4 members (excludes halogenated alkanes) is 2. The highest BCUT2D eigenvalue weighted by Gasteiger charge is 2.63. The number of hydrogen-bond acceptors (Lipinski definition) is 14. The van der Waals surface area contributed by atoms with E-state index in [0.717, 1.165) is 105 Å². The number of benzene rings is 10. The number of rotatable bonds is 44. The number of aliphatic carboxylic acids is 1. The van der Waals surface area contributed by atoms with E-state index < -0.39 is 84.8 Å². The van der Waals surface area contributed by atoms with Crippen LogP contribution < -0.4 is 0 Å². The first-order valence-corrected chi connectivity index (χ1v) is 40.0. The zero-order valence-corrected chi connectivity index (χ0v) is 65.9. The van der Waals surface area contributed by atoms with Crippen LogP contribution in [0.5, 0.6) is 0 Å². The molecule has 596 valence electrons. The van der Waals surface area contributed by atoms with Gasteiger partial charge in [-0.05, 0) is 162 Å². The van der Waals surface area contributed by atoms with Crippen molar-refractivity contribution in [1.29, 1.82) is 0 Å². The molecule has 2 heterocycles. The van der Waals surface area contributed by atoms with Crippen molar-refractivity contribution < 1.29 is 72.2 Å². The van der Waals surface area contributed by atoms with Crippen LogP contribution in [0.15, 0.2) is 292 Å². The molecule has 3 N–H and O–H groups in total. The van der Waals surface area contributed by atoms with E-state index in [2.05, 4.69) is 74.7 Å². The minimum absolute atomic E-state index is 0.0115. The summed E-state index contributed by atoms with van der Waals surface area (Å²) in [5.74, 6) is -7.56. The number of hydrogen-bond donors (Lipinski definition) is 3. The smallest absolute Gasteiger partial charge is 0.309 e. The minimum atomic E-state index is -2.40. The van der Waals surface area contributed by atoms with Gasteiger partial charge in [-0.3, -0.25) is 4.79 Å². The van der Waals surface area contributed by atoms with E-state index in [4.69, 9.17) is 52.1 Å². The Morgan fingerprint density at radius 1 is 0.430 bits per heavy atom. The summed E-state index contributed by atoms with van der Waals surface area (Å²) in [6.07, 6.45) is -2.59. The van der Waals surface area contributed by atoms with Crippen molar-refractivity contribution in [3.63, 3.8) is 0 Å². The summed E-state index contributed by atoms with van der Waals surface area (Å²) in [4.78, 5) is 15.2. The number of carboxylic acid groups (broad SMARTS) is 1. The molecule has 0 bridgehead atoms. The fourth-order valence-electron chi connectivity index (χ4n) is 15.3. The van der Waals surface area contributed by atoms with E-state index in [1.54, 1.807) is 12.2 Å². The topological polar surface area (TPSA) is 179 Å². The van der Waals surface area contributed by atoms with Crippen LogP contribution in [0, 0.1) is 19.8 Å². The van der Waals surface area contributed by atoms with Crippen LogP contribution in [0.2, 0.25) is 0 Å². The Balaban J connectivity index is 0.975. The molecular weight excluding hydrogens is 1430 g/mol. The number of aliphatic hydroxyl groups excluding tert-OH is 1. The van der Waals surface area contributed by atoms with Gasteiger partial charge < -0.3 is 67.4 Å². The molecule has 2 unspecified atom stereocenters. The molecule has 0 amide bonds. The van der Waals surface area contributed by atoms with Gasteiger partial charge in [0.1, 0.15) is 42.7 Å². The summed E-state index contributed by atoms with van der Waals surface area (Å²) in [5, 5.41) is 40.9. The van der Waals surface area contributed by atoms with Crippen LogP contribution in [0.25, 0.3) is 0 Å². The molecule has 2 aliphatic heterocycles. The van der Waals surface area contributed by atoms with Gasteiger partial charge >= 0.3 is 5.97 Å². The largest absolute Gasteiger partial charge is 0.481 e. The van der Waals surface area contributed by atoms with Crippen LogP contribution in [0.4, 0.5) is 0 Å². The molecule has 10 aromatic carbocycles. The number of carbonyl (C=O) groups is 1. The van der Waals surface area contributed by atoms with E-state index >= 15 is 4.79 Å². The molecule has 0 saturated carbocycles. The summed E-state index contributed by atoms with van der Waals surface area (Å²) in [5.41, 5.74) is 14.2. The maximum Gasteiger partial charge on any atom is 0.309 e. The first-order valence-electron chi connectivity index (χ1n) is 40.0. The maximum atomic E-state index is 15.2. The fourth-order valence-corrected chi connectivity index (χ4v) is 15.3. The van der Waals surface area contributed by atoms with Gasteiger partial charge in [-0.2, -0.15) is 0 Å². The lowest BCUT2D eigenvalue weighted by atomic mass is 9.79. The molecule has 12 rings (SSSR count). The highest BCUT2D eigenvalue weighted by atomic mass is 16.7. The molecule has 0 aliphatic carbocycles. The molecule has 2 fully saturated rings. The Morgan fingerprint density at radius 3 is 1.19 bits per heavy atom. The van der Waals surface area contributed by atoms with Crippen molar-refractivity contribution in [2.75, 3.05) is 33.5 Å². The van der Waals surface area contributed by atoms with Crippen LogP contribution in [-0.4, -0.2) is 110 Å². The van der Waals surface area contributed by atoms with Gasteiger partial charge in [-0.1, -0.05) is 267 Å². The van der Waals surface area contributed by atoms with Gasteiger partial charge in [0, 0.05) is 31.5 Å². The summed E-state index contributed by atoms with van der Waals surface area (Å²) in [6.45, 7) is 14.2. The normalized spacial score (nSPS) is 21.4. The molecule has 0 spiro atoms. The minimum Gasteiger partial charge on any atom is -0.481 e. The second-order valence-corrected chi connectivity index (χ2v) is 29.9. The third kappa shape index (κ3) is 22.8. The van der Waals surface area contributed by atoms with Crippen LogP contribution >= 0.6 is 0 Å². The Hall–Kier alpha value is -9.37. The molecule has 2 aliphatic rings. The highest BCUT2D eigenvalue weighted by molar-refractivity contribution is 5.71. The van der Waals surface area contributed by atoms with E-state index in [9.17, 15) is 15.3 Å². The molecule has 12 atom stereocenters. The van der Waals surface area contributed by atoms with Crippen LogP contribution in [0.3, 0.4) is 0 Å². The summed E-state index contributed by atoms with van der Waals surface area (Å²) < 4.78 is 77.0.